The van der Waals surface area contributed by atoms with Crippen LogP contribution in [0.4, 0.5) is 0 Å². The minimum absolute atomic E-state index is 0.528. The summed E-state index contributed by atoms with van der Waals surface area (Å²) in [7, 11) is 0. The second-order valence-electron chi connectivity index (χ2n) is 5.93. The molecule has 101 valence electrons. The molecule has 0 fully saturated rings. The maximum absolute atomic E-state index is 10.2. The Morgan fingerprint density at radius 3 is 1.76 bits per heavy atom. The van der Waals surface area contributed by atoms with Gasteiger partial charge in [0.05, 0.1) is 0 Å². The van der Waals surface area contributed by atoms with E-state index in [9.17, 15) is 4.79 Å². The molecular weight excluding hydrogens is 208 g/mol. The second kappa shape index (κ2) is 10.8. The molecule has 0 amide bonds. The Morgan fingerprint density at radius 1 is 0.824 bits per heavy atom. The lowest BCUT2D eigenvalue weighted by atomic mass is 9.92. The lowest BCUT2D eigenvalue weighted by Crippen LogP contribution is -2.00. The van der Waals surface area contributed by atoms with Crippen LogP contribution in [0, 0.1) is 17.8 Å². The first-order chi connectivity index (χ1) is 8.10. The van der Waals surface area contributed by atoms with Crippen LogP contribution in [-0.2, 0) is 4.79 Å². The van der Waals surface area contributed by atoms with Crippen molar-refractivity contribution in [2.24, 2.45) is 17.8 Å². The zero-order valence-corrected chi connectivity index (χ0v) is 12.3. The van der Waals surface area contributed by atoms with E-state index in [1.54, 1.807) is 0 Å². The lowest BCUT2D eigenvalue weighted by Gasteiger charge is -2.14. The van der Waals surface area contributed by atoms with Crippen LogP contribution < -0.4 is 0 Å². The van der Waals surface area contributed by atoms with E-state index in [1.807, 2.05) is 6.29 Å². The predicted molar refractivity (Wildman–Crippen MR) is 75.8 cm³/mol. The molecule has 0 aliphatic rings. The number of hydrogen-bond donors (Lipinski definition) is 0. The fourth-order valence-corrected chi connectivity index (χ4v) is 2.22. The number of carbonyl (C=O) groups excluding carboxylic acids is 1. The third-order valence-corrected chi connectivity index (χ3v) is 3.92. The number of hydrogen-bond acceptors (Lipinski definition) is 1. The standard InChI is InChI=1S/C16H31O/c1-5-14(2)8-6-9-15(3)10-7-11-16(4)12-13-17/h14-16H,5-12H2,1-4H3. The average Bonchev–Trinajstić information content (AvgIpc) is 2.29. The zero-order chi connectivity index (χ0) is 13.1. The van der Waals surface area contributed by atoms with E-state index in [1.165, 1.54) is 44.9 Å². The van der Waals surface area contributed by atoms with Crippen LogP contribution in [0.3, 0.4) is 0 Å². The topological polar surface area (TPSA) is 17.1 Å². The van der Waals surface area contributed by atoms with Crippen molar-refractivity contribution in [3.05, 3.63) is 0 Å². The largest absolute Gasteiger partial charge is 0.291 e. The van der Waals surface area contributed by atoms with Crippen LogP contribution in [0.5, 0.6) is 0 Å². The van der Waals surface area contributed by atoms with Gasteiger partial charge in [-0.1, -0.05) is 72.6 Å². The Bertz CT molecular complexity index is 176. The highest BCUT2D eigenvalue weighted by Crippen LogP contribution is 2.20. The fraction of sp³-hybridized carbons (Fsp3) is 0.938. The highest BCUT2D eigenvalue weighted by atomic mass is 16.1. The van der Waals surface area contributed by atoms with Crippen LogP contribution in [0.2, 0.25) is 0 Å². The SMILES string of the molecule is CCC(C)CCCC(C)CCCC(C)C[C]=O. The maximum atomic E-state index is 10.2. The van der Waals surface area contributed by atoms with E-state index in [0.29, 0.717) is 12.3 Å². The molecule has 1 nitrogen and oxygen atoms in total. The molecule has 0 rings (SSSR count). The Kier molecular flexibility index (Phi) is 10.6. The minimum Gasteiger partial charge on any atom is -0.291 e. The van der Waals surface area contributed by atoms with E-state index < -0.39 is 0 Å². The van der Waals surface area contributed by atoms with Gasteiger partial charge in [-0.3, -0.25) is 4.79 Å². The van der Waals surface area contributed by atoms with Crippen molar-refractivity contribution in [2.75, 3.05) is 0 Å². The van der Waals surface area contributed by atoms with Crippen LogP contribution in [0.1, 0.15) is 79.1 Å². The Hall–Kier alpha value is -0.330. The maximum Gasteiger partial charge on any atom is 0.198 e. The van der Waals surface area contributed by atoms with E-state index >= 15 is 0 Å². The van der Waals surface area contributed by atoms with Crippen LogP contribution >= 0.6 is 0 Å². The van der Waals surface area contributed by atoms with Gasteiger partial charge < -0.3 is 0 Å². The van der Waals surface area contributed by atoms with Gasteiger partial charge in [0, 0.05) is 6.42 Å². The summed E-state index contributed by atoms with van der Waals surface area (Å²) in [6, 6.07) is 0. The third-order valence-electron chi connectivity index (χ3n) is 3.92. The zero-order valence-electron chi connectivity index (χ0n) is 12.3. The smallest absolute Gasteiger partial charge is 0.198 e. The molecule has 0 N–H and O–H groups in total. The molecule has 0 aromatic heterocycles. The van der Waals surface area contributed by atoms with Crippen molar-refractivity contribution in [3.8, 4) is 0 Å². The Morgan fingerprint density at radius 2 is 1.29 bits per heavy atom. The van der Waals surface area contributed by atoms with Gasteiger partial charge in [0.2, 0.25) is 0 Å². The van der Waals surface area contributed by atoms with Gasteiger partial charge in [0.1, 0.15) is 0 Å². The van der Waals surface area contributed by atoms with Crippen molar-refractivity contribution in [1.82, 2.24) is 0 Å². The van der Waals surface area contributed by atoms with E-state index in [-0.39, 0.29) is 0 Å². The van der Waals surface area contributed by atoms with Crippen LogP contribution in [0.15, 0.2) is 0 Å². The molecule has 0 aromatic rings. The normalized spacial score (nSPS) is 16.5. The molecule has 3 unspecified atom stereocenters. The summed E-state index contributed by atoms with van der Waals surface area (Å²) in [5, 5.41) is 0. The molecule has 0 aliphatic carbocycles. The third kappa shape index (κ3) is 10.5. The van der Waals surface area contributed by atoms with Gasteiger partial charge in [-0.05, 0) is 17.8 Å². The molecule has 1 radical (unpaired) electrons. The highest BCUT2D eigenvalue weighted by molar-refractivity contribution is 5.50. The molecule has 0 bridgehead atoms. The Labute approximate surface area is 108 Å². The Balaban J connectivity index is 3.40. The van der Waals surface area contributed by atoms with E-state index in [0.717, 1.165) is 11.8 Å². The monoisotopic (exact) mass is 239 g/mol. The first-order valence-corrected chi connectivity index (χ1v) is 7.45. The van der Waals surface area contributed by atoms with Gasteiger partial charge in [-0.2, -0.15) is 0 Å². The lowest BCUT2D eigenvalue weighted by molar-refractivity contribution is 0.392. The van der Waals surface area contributed by atoms with Crippen molar-refractivity contribution >= 4 is 6.29 Å². The first-order valence-electron chi connectivity index (χ1n) is 7.45. The molecule has 0 saturated heterocycles. The van der Waals surface area contributed by atoms with Crippen molar-refractivity contribution < 1.29 is 4.79 Å². The van der Waals surface area contributed by atoms with Crippen LogP contribution in [-0.4, -0.2) is 6.29 Å². The highest BCUT2D eigenvalue weighted by Gasteiger charge is 2.06. The summed E-state index contributed by atoms with van der Waals surface area (Å²) in [4.78, 5) is 10.2. The molecule has 1 heteroatoms. The first kappa shape index (κ1) is 16.7. The van der Waals surface area contributed by atoms with Crippen molar-refractivity contribution in [1.29, 1.82) is 0 Å². The molecule has 17 heavy (non-hydrogen) atoms. The molecular formula is C16H31O. The second-order valence-corrected chi connectivity index (χ2v) is 5.93. The summed E-state index contributed by atoms with van der Waals surface area (Å²) in [5.74, 6) is 2.27. The summed E-state index contributed by atoms with van der Waals surface area (Å²) in [6.45, 7) is 9.15. The van der Waals surface area contributed by atoms with Gasteiger partial charge >= 0.3 is 0 Å². The quantitative estimate of drug-likeness (QED) is 0.487. The summed E-state index contributed by atoms with van der Waals surface area (Å²) in [6.07, 6.45) is 11.9. The summed E-state index contributed by atoms with van der Waals surface area (Å²) >= 11 is 0. The van der Waals surface area contributed by atoms with Gasteiger partial charge in [-0.25, -0.2) is 0 Å². The number of rotatable bonds is 11. The fourth-order valence-electron chi connectivity index (χ4n) is 2.22. The van der Waals surface area contributed by atoms with Gasteiger partial charge in [0.15, 0.2) is 6.29 Å². The average molecular weight is 239 g/mol. The molecule has 0 spiro atoms. The van der Waals surface area contributed by atoms with Gasteiger partial charge in [0.25, 0.3) is 0 Å². The molecule has 0 saturated carbocycles. The minimum atomic E-state index is 0.528. The molecule has 0 heterocycles. The van der Waals surface area contributed by atoms with Crippen LogP contribution in [0.25, 0.3) is 0 Å². The van der Waals surface area contributed by atoms with E-state index in [4.69, 9.17) is 0 Å². The van der Waals surface area contributed by atoms with Gasteiger partial charge in [-0.15, -0.1) is 0 Å². The predicted octanol–water partition coefficient (Wildman–Crippen LogP) is 5.15. The molecule has 3 atom stereocenters. The summed E-state index contributed by atoms with van der Waals surface area (Å²) in [5.41, 5.74) is 0. The molecule has 0 aromatic carbocycles. The van der Waals surface area contributed by atoms with Crippen molar-refractivity contribution in [3.63, 3.8) is 0 Å². The molecule has 0 aliphatic heterocycles. The van der Waals surface area contributed by atoms with E-state index in [2.05, 4.69) is 27.7 Å². The van der Waals surface area contributed by atoms with Crippen molar-refractivity contribution in [2.45, 2.75) is 79.1 Å². The summed E-state index contributed by atoms with van der Waals surface area (Å²) < 4.78 is 0.